The molecule has 0 spiro atoms. The number of ketones is 1. The lowest BCUT2D eigenvalue weighted by Crippen LogP contribution is -2.24. The Bertz CT molecular complexity index is 888. The molecule has 0 N–H and O–H groups in total. The maximum atomic E-state index is 13.7. The minimum Gasteiger partial charge on any atom is -0.299 e. The molecule has 0 radical (unpaired) electrons. The van der Waals surface area contributed by atoms with Crippen LogP contribution in [0.25, 0.3) is 0 Å². The Kier molecular flexibility index (Phi) is 40.1. The van der Waals surface area contributed by atoms with Crippen molar-refractivity contribution < 1.29 is 4.79 Å². The lowest BCUT2D eigenvalue weighted by molar-refractivity contribution is -0.127. The fraction of sp³-hybridized carbons (Fsp3) is 0.638. The lowest BCUT2D eigenvalue weighted by Gasteiger charge is -2.22. The molecule has 0 aromatic rings. The largest absolute Gasteiger partial charge is 0.299 e. The molecule has 0 heterocycles. The van der Waals surface area contributed by atoms with Gasteiger partial charge in [-0.1, -0.05) is 137 Å². The Morgan fingerprint density at radius 1 is 0.380 bits per heavy atom. The molecule has 1 nitrogen and oxygen atoms in total. The second-order valence-electron chi connectivity index (χ2n) is 13.5. The molecule has 0 saturated carbocycles. The van der Waals surface area contributed by atoms with Crippen molar-refractivity contribution >= 4 is 29.0 Å². The molecule has 0 aromatic heterocycles. The van der Waals surface area contributed by atoms with Gasteiger partial charge in [-0.2, -0.15) is 0 Å². The second-order valence-corrected chi connectivity index (χ2v) is 14.3. The van der Waals surface area contributed by atoms with Crippen LogP contribution >= 0.6 is 23.2 Å². The van der Waals surface area contributed by atoms with Crippen LogP contribution in [-0.4, -0.2) is 17.5 Å². The van der Waals surface area contributed by atoms with Crippen molar-refractivity contribution in [1.82, 2.24) is 0 Å². The SMILES string of the molecule is CCCCC/C=C\C/C=C\C/C=C\C/C=C\CCCC(CCCCl)C(=O)C(CCCCl)CCC/C=C\C/C=C\C/C=C\C/C=C\CCCCC. The van der Waals surface area contributed by atoms with Crippen molar-refractivity contribution in [3.8, 4) is 0 Å². The van der Waals surface area contributed by atoms with E-state index in [1.54, 1.807) is 0 Å². The van der Waals surface area contributed by atoms with E-state index in [1.807, 2.05) is 0 Å². The standard InChI is InChI=1S/C47H76Cl2O/c1-3-5-7-9-11-13-15-17-19-21-23-25-27-29-31-33-35-39-45(41-37-43-48)47(50)46(42-38-44-49)40-36-34-32-30-28-26-24-22-20-18-16-14-12-10-8-6-4-2/h11-14,17-20,23-26,29-32,45-46H,3-10,15-16,21-22,27-28,33-44H2,1-2H3/b13-11-,14-12-,19-17-,20-18-,25-23-,26-24-,31-29-,32-30-. The van der Waals surface area contributed by atoms with Gasteiger partial charge in [-0.15, -0.1) is 23.2 Å². The predicted molar refractivity (Wildman–Crippen MR) is 229 cm³/mol. The molecule has 0 rings (SSSR count). The zero-order valence-electron chi connectivity index (χ0n) is 32.4. The molecule has 0 fully saturated rings. The molecular formula is C47H76Cl2O. The number of hydrogen-bond donors (Lipinski definition) is 0. The molecular weight excluding hydrogens is 651 g/mol. The van der Waals surface area contributed by atoms with Crippen molar-refractivity contribution in [3.63, 3.8) is 0 Å². The van der Waals surface area contributed by atoms with Crippen LogP contribution in [0.2, 0.25) is 0 Å². The van der Waals surface area contributed by atoms with E-state index in [0.29, 0.717) is 17.5 Å². The van der Waals surface area contributed by atoms with Crippen LogP contribution < -0.4 is 0 Å². The second kappa shape index (κ2) is 41.6. The average Bonchev–Trinajstić information content (AvgIpc) is 3.13. The van der Waals surface area contributed by atoms with Gasteiger partial charge in [0.2, 0.25) is 0 Å². The number of rotatable bonds is 36. The summed E-state index contributed by atoms with van der Waals surface area (Å²) in [5, 5.41) is 0. The van der Waals surface area contributed by atoms with E-state index in [0.717, 1.165) is 103 Å². The number of unbranched alkanes of at least 4 members (excludes halogenated alkanes) is 8. The van der Waals surface area contributed by atoms with Gasteiger partial charge in [-0.05, 0) is 128 Å². The summed E-state index contributed by atoms with van der Waals surface area (Å²) in [4.78, 5) is 13.7. The van der Waals surface area contributed by atoms with Crippen LogP contribution in [0.5, 0.6) is 0 Å². The molecule has 284 valence electrons. The first kappa shape index (κ1) is 48.2. The van der Waals surface area contributed by atoms with E-state index in [4.69, 9.17) is 23.2 Å². The van der Waals surface area contributed by atoms with Gasteiger partial charge in [0, 0.05) is 23.6 Å². The Morgan fingerprint density at radius 2 is 0.640 bits per heavy atom. The van der Waals surface area contributed by atoms with Gasteiger partial charge >= 0.3 is 0 Å². The number of halogens is 2. The van der Waals surface area contributed by atoms with Gasteiger partial charge in [0.15, 0.2) is 0 Å². The average molecular weight is 728 g/mol. The fourth-order valence-electron chi connectivity index (χ4n) is 5.92. The normalized spacial score (nSPS) is 14.2. The molecule has 0 bridgehead atoms. The van der Waals surface area contributed by atoms with E-state index in [2.05, 4.69) is 111 Å². The highest BCUT2D eigenvalue weighted by atomic mass is 35.5. The van der Waals surface area contributed by atoms with Crippen LogP contribution in [0.4, 0.5) is 0 Å². The van der Waals surface area contributed by atoms with Crippen LogP contribution in [0.15, 0.2) is 97.2 Å². The molecule has 0 aliphatic rings. The first-order valence-corrected chi connectivity index (χ1v) is 21.6. The summed E-state index contributed by atoms with van der Waals surface area (Å²) in [6, 6.07) is 0. The molecule has 0 amide bonds. The van der Waals surface area contributed by atoms with Crippen LogP contribution in [-0.2, 0) is 4.79 Å². The Morgan fingerprint density at radius 3 is 0.920 bits per heavy atom. The third-order valence-electron chi connectivity index (χ3n) is 8.94. The molecule has 0 saturated heterocycles. The highest BCUT2D eigenvalue weighted by Crippen LogP contribution is 2.27. The zero-order valence-corrected chi connectivity index (χ0v) is 34.0. The van der Waals surface area contributed by atoms with E-state index >= 15 is 0 Å². The summed E-state index contributed by atoms with van der Waals surface area (Å²) in [7, 11) is 0. The lowest BCUT2D eigenvalue weighted by atomic mass is 9.81. The predicted octanol–water partition coefficient (Wildman–Crippen LogP) is 16.1. The Balaban J connectivity index is 4.41. The van der Waals surface area contributed by atoms with Gasteiger partial charge in [0.05, 0.1) is 0 Å². The molecule has 2 unspecified atom stereocenters. The van der Waals surface area contributed by atoms with E-state index in [9.17, 15) is 4.79 Å². The minimum absolute atomic E-state index is 0.122. The van der Waals surface area contributed by atoms with Gasteiger partial charge in [-0.25, -0.2) is 0 Å². The maximum absolute atomic E-state index is 13.7. The quantitative estimate of drug-likeness (QED) is 0.0357. The summed E-state index contributed by atoms with van der Waals surface area (Å²) in [5.41, 5.74) is 0. The first-order chi connectivity index (χ1) is 24.7. The number of allylic oxidation sites excluding steroid dienone is 16. The third kappa shape index (κ3) is 34.6. The monoisotopic (exact) mass is 727 g/mol. The fourth-order valence-corrected chi connectivity index (χ4v) is 6.23. The van der Waals surface area contributed by atoms with Crippen molar-refractivity contribution in [2.45, 2.75) is 168 Å². The summed E-state index contributed by atoms with van der Waals surface area (Å²) in [6.45, 7) is 4.50. The molecule has 2 atom stereocenters. The molecule has 3 heteroatoms. The highest BCUT2D eigenvalue weighted by molar-refractivity contribution is 6.18. The highest BCUT2D eigenvalue weighted by Gasteiger charge is 2.25. The topological polar surface area (TPSA) is 17.1 Å². The van der Waals surface area contributed by atoms with E-state index < -0.39 is 0 Å². The van der Waals surface area contributed by atoms with E-state index in [1.165, 1.54) is 51.4 Å². The van der Waals surface area contributed by atoms with Gasteiger partial charge < -0.3 is 0 Å². The van der Waals surface area contributed by atoms with E-state index in [-0.39, 0.29) is 11.8 Å². The number of carbonyl (C=O) groups is 1. The van der Waals surface area contributed by atoms with Gasteiger partial charge in [-0.3, -0.25) is 4.79 Å². The summed E-state index contributed by atoms with van der Waals surface area (Å²) in [5.74, 6) is 1.95. The summed E-state index contributed by atoms with van der Waals surface area (Å²) in [6.07, 6.45) is 62.3. The van der Waals surface area contributed by atoms with Crippen molar-refractivity contribution in [1.29, 1.82) is 0 Å². The zero-order chi connectivity index (χ0) is 36.4. The Hall–Kier alpha value is -1.83. The summed E-state index contributed by atoms with van der Waals surface area (Å²) >= 11 is 12.1. The molecule has 0 aliphatic carbocycles. The Labute approximate surface area is 321 Å². The number of alkyl halides is 2. The smallest absolute Gasteiger partial charge is 0.139 e. The molecule has 0 aliphatic heterocycles. The van der Waals surface area contributed by atoms with Crippen LogP contribution in [0.1, 0.15) is 168 Å². The third-order valence-corrected chi connectivity index (χ3v) is 9.47. The van der Waals surface area contributed by atoms with Crippen molar-refractivity contribution in [2.75, 3.05) is 11.8 Å². The first-order valence-electron chi connectivity index (χ1n) is 20.6. The van der Waals surface area contributed by atoms with Crippen molar-refractivity contribution in [2.24, 2.45) is 11.8 Å². The number of hydrogen-bond acceptors (Lipinski definition) is 1. The molecule has 0 aromatic carbocycles. The van der Waals surface area contributed by atoms with Crippen molar-refractivity contribution in [3.05, 3.63) is 97.2 Å². The van der Waals surface area contributed by atoms with Gasteiger partial charge in [0.25, 0.3) is 0 Å². The maximum Gasteiger partial charge on any atom is 0.139 e. The van der Waals surface area contributed by atoms with Crippen LogP contribution in [0, 0.1) is 11.8 Å². The van der Waals surface area contributed by atoms with Gasteiger partial charge in [0.1, 0.15) is 5.78 Å². The minimum atomic E-state index is 0.122. The number of carbonyl (C=O) groups excluding carboxylic acids is 1. The summed E-state index contributed by atoms with van der Waals surface area (Å²) < 4.78 is 0. The molecule has 50 heavy (non-hydrogen) atoms. The van der Waals surface area contributed by atoms with Crippen LogP contribution in [0.3, 0.4) is 0 Å². The number of Topliss-reactive ketones (excluding diaryl/α,β-unsaturated/α-hetero) is 1.